The van der Waals surface area contributed by atoms with Crippen molar-refractivity contribution in [3.63, 3.8) is 0 Å². The van der Waals surface area contributed by atoms with Gasteiger partial charge in [0, 0.05) is 19.5 Å². The summed E-state index contributed by atoms with van der Waals surface area (Å²) >= 11 is 4.88. The molecule has 106 valence electrons. The van der Waals surface area contributed by atoms with Crippen molar-refractivity contribution >= 4 is 17.2 Å². The molecular weight excluding hydrogens is 260 g/mol. The largest absolute Gasteiger partial charge is 0.497 e. The van der Waals surface area contributed by atoms with E-state index >= 15 is 0 Å². The Balaban J connectivity index is 2.28. The van der Waals surface area contributed by atoms with E-state index < -0.39 is 0 Å². The number of likely N-dealkylation sites (N-methyl/N-ethyl adjacent to an activating group) is 1. The summed E-state index contributed by atoms with van der Waals surface area (Å²) in [4.78, 5) is 2.83. The van der Waals surface area contributed by atoms with E-state index in [9.17, 15) is 0 Å². The summed E-state index contributed by atoms with van der Waals surface area (Å²) in [6.45, 7) is 5.49. The maximum Gasteiger partial charge on any atom is 0.119 e. The fraction of sp³-hybridized carbons (Fsp3) is 0.500. The number of hydrogen-bond donors (Lipinski definition) is 1. The molecule has 0 spiro atoms. The maximum absolute atomic E-state index is 5.68. The highest BCUT2D eigenvalue weighted by molar-refractivity contribution is 7.80. The Kier molecular flexibility index (Phi) is 7.22. The van der Waals surface area contributed by atoms with Crippen LogP contribution in [0, 0.1) is 0 Å². The Morgan fingerprint density at radius 3 is 2.37 bits per heavy atom. The fourth-order valence-electron chi connectivity index (χ4n) is 1.66. The van der Waals surface area contributed by atoms with E-state index in [4.69, 9.17) is 27.4 Å². The molecule has 0 aliphatic carbocycles. The van der Waals surface area contributed by atoms with Crippen molar-refractivity contribution in [2.75, 3.05) is 33.4 Å². The molecule has 19 heavy (non-hydrogen) atoms. The summed E-state index contributed by atoms with van der Waals surface area (Å²) < 4.78 is 10.8. The van der Waals surface area contributed by atoms with E-state index in [1.807, 2.05) is 24.3 Å². The summed E-state index contributed by atoms with van der Waals surface area (Å²) in [5.74, 6) is 1.69. The monoisotopic (exact) mass is 282 g/mol. The van der Waals surface area contributed by atoms with Crippen LogP contribution in [-0.2, 0) is 0 Å². The van der Waals surface area contributed by atoms with Gasteiger partial charge in [0.2, 0.25) is 0 Å². The molecule has 1 aromatic rings. The number of methoxy groups -OCH3 is 1. The third-order valence-corrected chi connectivity index (χ3v) is 3.06. The predicted octanol–water partition coefficient (Wildman–Crippen LogP) is 2.07. The summed E-state index contributed by atoms with van der Waals surface area (Å²) in [6.07, 6.45) is 0.756. The molecule has 0 heterocycles. The van der Waals surface area contributed by atoms with Crippen LogP contribution in [0.15, 0.2) is 24.3 Å². The van der Waals surface area contributed by atoms with Crippen LogP contribution in [-0.4, -0.2) is 43.2 Å². The molecule has 0 saturated heterocycles. The highest BCUT2D eigenvalue weighted by Crippen LogP contribution is 2.16. The molecular formula is C14H22N2O2S. The maximum atomic E-state index is 5.68. The Labute approximate surface area is 120 Å². The number of hydrogen-bond acceptors (Lipinski definition) is 4. The van der Waals surface area contributed by atoms with Crippen LogP contribution in [0.4, 0.5) is 0 Å². The number of nitrogens with zero attached hydrogens (tertiary/aromatic N) is 1. The number of ether oxygens (including phenoxy) is 2. The van der Waals surface area contributed by atoms with Gasteiger partial charge in [-0.15, -0.1) is 0 Å². The number of benzene rings is 1. The van der Waals surface area contributed by atoms with E-state index in [0.717, 1.165) is 37.6 Å². The zero-order chi connectivity index (χ0) is 14.1. The first kappa shape index (κ1) is 15.7. The van der Waals surface area contributed by atoms with Crippen molar-refractivity contribution < 1.29 is 9.47 Å². The Morgan fingerprint density at radius 2 is 1.84 bits per heavy atom. The third kappa shape index (κ3) is 6.40. The van der Waals surface area contributed by atoms with Crippen molar-refractivity contribution in [3.8, 4) is 11.5 Å². The molecule has 1 aromatic carbocycles. The average molecular weight is 282 g/mol. The predicted molar refractivity (Wildman–Crippen MR) is 82.0 cm³/mol. The molecule has 1 rings (SSSR count). The molecule has 0 fully saturated rings. The summed E-state index contributed by atoms with van der Waals surface area (Å²) in [5, 5.41) is 0. The quantitative estimate of drug-likeness (QED) is 0.703. The second kappa shape index (κ2) is 8.72. The smallest absolute Gasteiger partial charge is 0.119 e. The highest BCUT2D eigenvalue weighted by atomic mass is 32.1. The van der Waals surface area contributed by atoms with Gasteiger partial charge in [0.05, 0.1) is 12.1 Å². The number of rotatable bonds is 9. The van der Waals surface area contributed by atoms with Gasteiger partial charge in [0.15, 0.2) is 0 Å². The molecule has 0 bridgehead atoms. The lowest BCUT2D eigenvalue weighted by Crippen LogP contribution is -2.31. The van der Waals surface area contributed by atoms with Crippen LogP contribution in [0.5, 0.6) is 11.5 Å². The van der Waals surface area contributed by atoms with Gasteiger partial charge in [-0.1, -0.05) is 19.1 Å². The number of nitrogens with two attached hydrogens (primary N) is 1. The van der Waals surface area contributed by atoms with Gasteiger partial charge in [0.25, 0.3) is 0 Å². The topological polar surface area (TPSA) is 47.7 Å². The second-order valence-electron chi connectivity index (χ2n) is 4.17. The molecule has 0 amide bonds. The van der Waals surface area contributed by atoms with Gasteiger partial charge in [-0.3, -0.25) is 4.90 Å². The standard InChI is InChI=1S/C14H22N2O2S/c1-3-16(9-8-14(15)19)10-11-18-13-6-4-12(17-2)5-7-13/h4-7H,3,8-11H2,1-2H3,(H2,15,19). The molecule has 0 aromatic heterocycles. The summed E-state index contributed by atoms with van der Waals surface area (Å²) in [6, 6.07) is 7.59. The zero-order valence-electron chi connectivity index (χ0n) is 11.6. The van der Waals surface area contributed by atoms with E-state index in [2.05, 4.69) is 11.8 Å². The lowest BCUT2D eigenvalue weighted by atomic mass is 10.3. The molecule has 0 saturated carbocycles. The number of thiocarbonyl (C=S) groups is 1. The van der Waals surface area contributed by atoms with Crippen LogP contribution < -0.4 is 15.2 Å². The Morgan fingerprint density at radius 1 is 1.21 bits per heavy atom. The minimum Gasteiger partial charge on any atom is -0.497 e. The minimum atomic E-state index is 0.564. The minimum absolute atomic E-state index is 0.564. The highest BCUT2D eigenvalue weighted by Gasteiger charge is 2.03. The molecule has 0 aliphatic rings. The van der Waals surface area contributed by atoms with Crippen LogP contribution in [0.3, 0.4) is 0 Å². The molecule has 5 heteroatoms. The SMILES string of the molecule is CCN(CCOc1ccc(OC)cc1)CCC(N)=S. The molecule has 0 unspecified atom stereocenters. The van der Waals surface area contributed by atoms with Crippen molar-refractivity contribution in [1.82, 2.24) is 4.90 Å². The Hall–Kier alpha value is -1.33. The fourth-order valence-corrected chi connectivity index (χ4v) is 1.75. The average Bonchev–Trinajstić information content (AvgIpc) is 2.43. The van der Waals surface area contributed by atoms with E-state index in [0.29, 0.717) is 11.6 Å². The van der Waals surface area contributed by atoms with Crippen LogP contribution in [0.2, 0.25) is 0 Å². The van der Waals surface area contributed by atoms with Gasteiger partial charge in [-0.25, -0.2) is 0 Å². The van der Waals surface area contributed by atoms with Crippen LogP contribution in [0.25, 0.3) is 0 Å². The molecule has 2 N–H and O–H groups in total. The van der Waals surface area contributed by atoms with Crippen molar-refractivity contribution in [3.05, 3.63) is 24.3 Å². The van der Waals surface area contributed by atoms with Crippen LogP contribution in [0.1, 0.15) is 13.3 Å². The zero-order valence-corrected chi connectivity index (χ0v) is 12.4. The van der Waals surface area contributed by atoms with Gasteiger partial charge < -0.3 is 15.2 Å². The summed E-state index contributed by atoms with van der Waals surface area (Å²) in [5.41, 5.74) is 5.50. The summed E-state index contributed by atoms with van der Waals surface area (Å²) in [7, 11) is 1.65. The molecule has 0 atom stereocenters. The van der Waals surface area contributed by atoms with Crippen molar-refractivity contribution in [2.45, 2.75) is 13.3 Å². The third-order valence-electron chi connectivity index (χ3n) is 2.86. The first-order valence-corrected chi connectivity index (χ1v) is 6.84. The normalized spacial score (nSPS) is 10.5. The Bertz CT molecular complexity index is 382. The second-order valence-corrected chi connectivity index (χ2v) is 4.70. The van der Waals surface area contributed by atoms with Crippen LogP contribution >= 0.6 is 12.2 Å². The van der Waals surface area contributed by atoms with Gasteiger partial charge in [-0.2, -0.15) is 0 Å². The van der Waals surface area contributed by atoms with Crippen molar-refractivity contribution in [2.24, 2.45) is 5.73 Å². The lowest BCUT2D eigenvalue weighted by Gasteiger charge is -2.20. The lowest BCUT2D eigenvalue weighted by molar-refractivity contribution is 0.219. The van der Waals surface area contributed by atoms with Crippen molar-refractivity contribution in [1.29, 1.82) is 0 Å². The molecule has 0 aliphatic heterocycles. The van der Waals surface area contributed by atoms with Gasteiger partial charge >= 0.3 is 0 Å². The molecule has 0 radical (unpaired) electrons. The van der Waals surface area contributed by atoms with Gasteiger partial charge in [-0.05, 0) is 30.8 Å². The first-order valence-electron chi connectivity index (χ1n) is 6.43. The van der Waals surface area contributed by atoms with E-state index in [1.54, 1.807) is 7.11 Å². The molecule has 4 nitrogen and oxygen atoms in total. The van der Waals surface area contributed by atoms with Gasteiger partial charge in [0.1, 0.15) is 18.1 Å². The van der Waals surface area contributed by atoms with E-state index in [-0.39, 0.29) is 0 Å². The first-order chi connectivity index (χ1) is 9.15. The van der Waals surface area contributed by atoms with E-state index in [1.165, 1.54) is 0 Å².